The average Bonchev–Trinajstić information content (AvgIpc) is 3.18. The van der Waals surface area contributed by atoms with Crippen molar-refractivity contribution in [3.8, 4) is 11.1 Å². The number of nitrogens with zero attached hydrogens (tertiary/aromatic N) is 2. The standard InChI is InChI=1S/C56H63BN2/c1-53(2,3)40-30-41(54(4,5)6)33-44(32-40)58-48-26-25-39(36-19-14-13-15-20-36)28-46(48)57-47-27-37-21-16-17-22-38(37)29-51(47)59(50-24-18-23-49(58)52(50)57)45-34-42(55(7,8)9)31-43(35-45)56(10,11)12/h13-15,18-20,23-35H,16-17,21-22H2,1-12H3. The highest BCUT2D eigenvalue weighted by molar-refractivity contribution is 7.00. The molecule has 0 bridgehead atoms. The molecule has 2 aliphatic heterocycles. The number of benzene rings is 6. The summed E-state index contributed by atoms with van der Waals surface area (Å²) in [6.07, 6.45) is 4.81. The highest BCUT2D eigenvalue weighted by Crippen LogP contribution is 2.48. The molecule has 0 unspecified atom stereocenters. The monoisotopic (exact) mass is 775 g/mol. The number of rotatable bonds is 3. The normalized spacial score (nSPS) is 15.1. The molecule has 0 N–H and O–H groups in total. The van der Waals surface area contributed by atoms with Gasteiger partial charge in [0.1, 0.15) is 0 Å². The van der Waals surface area contributed by atoms with Crippen molar-refractivity contribution < 1.29 is 0 Å². The lowest BCUT2D eigenvalue weighted by Gasteiger charge is -2.45. The minimum Gasteiger partial charge on any atom is -0.311 e. The van der Waals surface area contributed by atoms with Crippen LogP contribution >= 0.6 is 0 Å². The molecule has 0 radical (unpaired) electrons. The molecule has 59 heavy (non-hydrogen) atoms. The van der Waals surface area contributed by atoms with E-state index in [1.807, 2.05) is 0 Å². The molecule has 1 aliphatic carbocycles. The van der Waals surface area contributed by atoms with Gasteiger partial charge in [0.15, 0.2) is 0 Å². The van der Waals surface area contributed by atoms with E-state index in [2.05, 4.69) is 208 Å². The first-order valence-electron chi connectivity index (χ1n) is 22.2. The van der Waals surface area contributed by atoms with Crippen molar-refractivity contribution in [3.63, 3.8) is 0 Å². The Kier molecular flexibility index (Phi) is 9.20. The Hall–Kier alpha value is -5.02. The molecule has 300 valence electrons. The van der Waals surface area contributed by atoms with Crippen molar-refractivity contribution in [3.05, 3.63) is 149 Å². The molecule has 0 fully saturated rings. The van der Waals surface area contributed by atoms with E-state index < -0.39 is 0 Å². The van der Waals surface area contributed by atoms with Gasteiger partial charge in [0.05, 0.1) is 0 Å². The van der Waals surface area contributed by atoms with E-state index >= 15 is 0 Å². The molecular weight excluding hydrogens is 711 g/mol. The van der Waals surface area contributed by atoms with Gasteiger partial charge in [-0.1, -0.05) is 150 Å². The zero-order valence-corrected chi connectivity index (χ0v) is 37.8. The van der Waals surface area contributed by atoms with Crippen molar-refractivity contribution in [1.82, 2.24) is 0 Å². The van der Waals surface area contributed by atoms with Crippen LogP contribution in [0.4, 0.5) is 34.1 Å². The molecule has 0 aromatic heterocycles. The number of hydrogen-bond acceptors (Lipinski definition) is 2. The third-order valence-corrected chi connectivity index (χ3v) is 13.4. The number of aryl methyl sites for hydroxylation is 2. The number of fused-ring (bicyclic) bond motifs is 5. The maximum absolute atomic E-state index is 2.65. The Morgan fingerprint density at radius 1 is 0.390 bits per heavy atom. The predicted molar refractivity (Wildman–Crippen MR) is 257 cm³/mol. The van der Waals surface area contributed by atoms with E-state index in [-0.39, 0.29) is 28.4 Å². The molecule has 0 saturated heterocycles. The molecule has 2 nitrogen and oxygen atoms in total. The van der Waals surface area contributed by atoms with E-state index in [0.29, 0.717) is 0 Å². The maximum Gasteiger partial charge on any atom is 0.252 e. The molecule has 0 amide bonds. The predicted octanol–water partition coefficient (Wildman–Crippen LogP) is 13.5. The summed E-state index contributed by atoms with van der Waals surface area (Å²) in [5.74, 6) is 0. The Morgan fingerprint density at radius 3 is 1.34 bits per heavy atom. The van der Waals surface area contributed by atoms with Crippen LogP contribution in [0.25, 0.3) is 11.1 Å². The summed E-state index contributed by atoms with van der Waals surface area (Å²) in [5, 5.41) is 0. The van der Waals surface area contributed by atoms with Gasteiger partial charge in [0.25, 0.3) is 6.71 Å². The van der Waals surface area contributed by atoms with Crippen molar-refractivity contribution in [1.29, 1.82) is 0 Å². The first kappa shape index (κ1) is 39.4. The van der Waals surface area contributed by atoms with Gasteiger partial charge in [0, 0.05) is 34.1 Å². The molecule has 6 aromatic rings. The second kappa shape index (κ2) is 13.8. The van der Waals surface area contributed by atoms with Crippen LogP contribution in [0.5, 0.6) is 0 Å². The highest BCUT2D eigenvalue weighted by Gasteiger charge is 2.44. The van der Waals surface area contributed by atoms with Crippen molar-refractivity contribution in [2.45, 2.75) is 130 Å². The van der Waals surface area contributed by atoms with Crippen LogP contribution < -0.4 is 26.2 Å². The second-order valence-corrected chi connectivity index (χ2v) is 21.9. The Balaban J connectivity index is 1.39. The van der Waals surface area contributed by atoms with E-state index in [1.54, 1.807) is 0 Å². The zero-order chi connectivity index (χ0) is 41.8. The van der Waals surface area contributed by atoms with E-state index in [4.69, 9.17) is 0 Å². The van der Waals surface area contributed by atoms with E-state index in [0.717, 1.165) is 12.8 Å². The summed E-state index contributed by atoms with van der Waals surface area (Å²) >= 11 is 0. The molecule has 0 spiro atoms. The van der Waals surface area contributed by atoms with Gasteiger partial charge in [-0.15, -0.1) is 0 Å². The molecule has 6 aromatic carbocycles. The van der Waals surface area contributed by atoms with Crippen LogP contribution in [0.3, 0.4) is 0 Å². The van der Waals surface area contributed by atoms with Gasteiger partial charge in [-0.05, 0) is 157 Å². The summed E-state index contributed by atoms with van der Waals surface area (Å²) in [6.45, 7) is 28.3. The van der Waals surface area contributed by atoms with Gasteiger partial charge in [-0.2, -0.15) is 0 Å². The fourth-order valence-electron chi connectivity index (χ4n) is 9.75. The van der Waals surface area contributed by atoms with Crippen molar-refractivity contribution >= 4 is 57.2 Å². The van der Waals surface area contributed by atoms with Crippen LogP contribution in [-0.4, -0.2) is 6.71 Å². The largest absolute Gasteiger partial charge is 0.311 e. The summed E-state index contributed by atoms with van der Waals surface area (Å²) in [7, 11) is 0. The molecule has 9 rings (SSSR count). The Morgan fingerprint density at radius 2 is 0.847 bits per heavy atom. The van der Waals surface area contributed by atoms with Gasteiger partial charge in [-0.25, -0.2) is 0 Å². The van der Waals surface area contributed by atoms with Crippen LogP contribution in [-0.2, 0) is 34.5 Å². The van der Waals surface area contributed by atoms with E-state index in [1.165, 1.54) is 108 Å². The lowest BCUT2D eigenvalue weighted by atomic mass is 9.33. The smallest absolute Gasteiger partial charge is 0.252 e. The molecule has 3 aliphatic rings. The Labute approximate surface area is 355 Å². The Bertz CT molecular complexity index is 2540. The summed E-state index contributed by atoms with van der Waals surface area (Å²) in [6, 6.07) is 45.4. The van der Waals surface area contributed by atoms with Gasteiger partial charge >= 0.3 is 0 Å². The second-order valence-electron chi connectivity index (χ2n) is 21.9. The quantitative estimate of drug-likeness (QED) is 0.165. The summed E-state index contributed by atoms with van der Waals surface area (Å²) < 4.78 is 0. The highest BCUT2D eigenvalue weighted by atomic mass is 15.2. The van der Waals surface area contributed by atoms with Crippen molar-refractivity contribution in [2.75, 3.05) is 9.80 Å². The van der Waals surface area contributed by atoms with E-state index in [9.17, 15) is 0 Å². The molecule has 3 heteroatoms. The molecule has 0 saturated carbocycles. The first-order chi connectivity index (χ1) is 27.8. The molecular formula is C56H63BN2. The van der Waals surface area contributed by atoms with Crippen molar-refractivity contribution in [2.24, 2.45) is 0 Å². The average molecular weight is 775 g/mol. The topological polar surface area (TPSA) is 6.48 Å². The maximum atomic E-state index is 2.65. The summed E-state index contributed by atoms with van der Waals surface area (Å²) in [5.41, 5.74) is 22.9. The zero-order valence-electron chi connectivity index (χ0n) is 37.8. The minimum atomic E-state index is -0.0118. The number of anilines is 6. The fourth-order valence-corrected chi connectivity index (χ4v) is 9.75. The lowest BCUT2D eigenvalue weighted by molar-refractivity contribution is 0.568. The lowest BCUT2D eigenvalue weighted by Crippen LogP contribution is -2.61. The van der Waals surface area contributed by atoms with Gasteiger partial charge < -0.3 is 9.80 Å². The van der Waals surface area contributed by atoms with Crippen LogP contribution in [0.15, 0.2) is 115 Å². The van der Waals surface area contributed by atoms with Crippen LogP contribution in [0.1, 0.15) is 129 Å². The minimum absolute atomic E-state index is 0.00442. The third-order valence-electron chi connectivity index (χ3n) is 13.4. The first-order valence-corrected chi connectivity index (χ1v) is 22.2. The molecule has 2 heterocycles. The van der Waals surface area contributed by atoms with Crippen LogP contribution in [0.2, 0.25) is 0 Å². The summed E-state index contributed by atoms with van der Waals surface area (Å²) in [4.78, 5) is 5.26. The van der Waals surface area contributed by atoms with Crippen LogP contribution in [0, 0.1) is 0 Å². The van der Waals surface area contributed by atoms with Gasteiger partial charge in [-0.3, -0.25) is 0 Å². The number of hydrogen-bond donors (Lipinski definition) is 0. The van der Waals surface area contributed by atoms with Gasteiger partial charge in [0.2, 0.25) is 0 Å². The SMILES string of the molecule is CC(C)(C)c1cc(N2c3ccc(-c4ccccc4)cc3B3c4cc5c(cc4N(c4cc(C(C)(C)C)cc(C(C)(C)C)c4)c4cccc2c43)CCCC5)cc(C(C)(C)C)c1. The third kappa shape index (κ3) is 6.93. The fraction of sp³-hybridized carbons (Fsp3) is 0.357. The molecule has 0 atom stereocenters.